The molecule has 0 saturated heterocycles. The number of nitrogens with zero attached hydrogens (tertiary/aromatic N) is 2. The molecule has 0 aromatic heterocycles. The van der Waals surface area contributed by atoms with E-state index in [0.717, 1.165) is 12.1 Å². The number of hydroxylamine groups is 4. The Bertz CT molecular complexity index is 458. The zero-order chi connectivity index (χ0) is 13.3. The number of halogens is 3. The second kappa shape index (κ2) is 4.39. The molecule has 18 heavy (non-hydrogen) atoms. The summed E-state index contributed by atoms with van der Waals surface area (Å²) in [6.45, 7) is 0.163. The third kappa shape index (κ3) is 2.66. The Hall–Kier alpha value is -1.93. The monoisotopic (exact) mass is 261 g/mol. The molecular formula is C10H10F3N3O2. The Balaban J connectivity index is 2.04. The predicted molar refractivity (Wildman–Crippen MR) is 54.0 cm³/mol. The lowest BCUT2D eigenvalue weighted by Crippen LogP contribution is -2.22. The van der Waals surface area contributed by atoms with Gasteiger partial charge in [0.15, 0.2) is 5.82 Å². The molecule has 0 aliphatic carbocycles. The van der Waals surface area contributed by atoms with Crippen LogP contribution in [-0.2, 0) is 17.7 Å². The molecule has 1 heterocycles. The van der Waals surface area contributed by atoms with E-state index in [0.29, 0.717) is 10.8 Å². The lowest BCUT2D eigenvalue weighted by molar-refractivity contribution is -0.389. The molecule has 3 N–H and O–H groups in total. The van der Waals surface area contributed by atoms with Crippen LogP contribution >= 0.6 is 0 Å². The van der Waals surface area contributed by atoms with Crippen molar-refractivity contribution in [1.29, 1.82) is 0 Å². The van der Waals surface area contributed by atoms with E-state index in [4.69, 9.17) is 15.9 Å². The minimum Gasteiger partial charge on any atom is -0.380 e. The summed E-state index contributed by atoms with van der Waals surface area (Å²) in [6.07, 6.45) is -3.04. The van der Waals surface area contributed by atoms with Gasteiger partial charge in [-0.05, 0) is 17.7 Å². The van der Waals surface area contributed by atoms with Crippen LogP contribution in [0.2, 0.25) is 0 Å². The van der Waals surface area contributed by atoms with Crippen LogP contribution in [0.4, 0.5) is 13.2 Å². The Labute approximate surface area is 100 Å². The van der Waals surface area contributed by atoms with Gasteiger partial charge in [-0.2, -0.15) is 13.2 Å². The van der Waals surface area contributed by atoms with E-state index in [1.165, 1.54) is 23.4 Å². The average Bonchev–Trinajstić information content (AvgIpc) is 2.57. The maximum absolute atomic E-state index is 12.3. The number of hydrogen-bond donors (Lipinski definition) is 2. The second-order valence-electron chi connectivity index (χ2n) is 3.68. The third-order valence-corrected chi connectivity index (χ3v) is 2.30. The van der Waals surface area contributed by atoms with Gasteiger partial charge in [-0.15, -0.1) is 4.94 Å². The standard InChI is InChI=1S/C10H10F3N3O2/c11-10(12,13)8-3-1-7(2-4-8)5-15-6-9(14)16(17)18-15/h1-4,6,17H,5,14H2. The maximum Gasteiger partial charge on any atom is 0.416 e. The van der Waals surface area contributed by atoms with Gasteiger partial charge in [0, 0.05) is 0 Å². The summed E-state index contributed by atoms with van der Waals surface area (Å²) in [6, 6.07) is 4.62. The van der Waals surface area contributed by atoms with E-state index in [9.17, 15) is 13.2 Å². The zero-order valence-corrected chi connectivity index (χ0v) is 9.05. The summed E-state index contributed by atoms with van der Waals surface area (Å²) >= 11 is 0. The van der Waals surface area contributed by atoms with Crippen LogP contribution in [0.25, 0.3) is 0 Å². The number of benzene rings is 1. The number of alkyl halides is 3. The van der Waals surface area contributed by atoms with Gasteiger partial charge in [0.2, 0.25) is 0 Å². The fourth-order valence-corrected chi connectivity index (χ4v) is 1.42. The van der Waals surface area contributed by atoms with E-state index in [1.807, 2.05) is 0 Å². The van der Waals surface area contributed by atoms with Crippen LogP contribution < -0.4 is 5.73 Å². The molecule has 1 aromatic rings. The highest BCUT2D eigenvalue weighted by atomic mass is 19.4. The van der Waals surface area contributed by atoms with Crippen LogP contribution in [-0.4, -0.2) is 15.5 Å². The molecule has 0 fully saturated rings. The van der Waals surface area contributed by atoms with Crippen molar-refractivity contribution in [3.63, 3.8) is 0 Å². The SMILES string of the molecule is NC1=CN(Cc2ccc(C(F)(F)F)cc2)ON1O. The lowest BCUT2D eigenvalue weighted by Gasteiger charge is -2.15. The van der Waals surface area contributed by atoms with Crippen molar-refractivity contribution in [2.45, 2.75) is 12.7 Å². The first kappa shape index (κ1) is 12.5. The van der Waals surface area contributed by atoms with E-state index in [2.05, 4.69) is 0 Å². The highest BCUT2D eigenvalue weighted by Gasteiger charge is 2.30. The van der Waals surface area contributed by atoms with Gasteiger partial charge in [-0.3, -0.25) is 5.21 Å². The van der Waals surface area contributed by atoms with Crippen molar-refractivity contribution in [1.82, 2.24) is 10.3 Å². The highest BCUT2D eigenvalue weighted by molar-refractivity contribution is 5.24. The van der Waals surface area contributed by atoms with Crippen molar-refractivity contribution < 1.29 is 23.3 Å². The summed E-state index contributed by atoms with van der Waals surface area (Å²) < 4.78 is 37.0. The van der Waals surface area contributed by atoms with Crippen molar-refractivity contribution >= 4 is 0 Å². The van der Waals surface area contributed by atoms with Crippen molar-refractivity contribution in [3.8, 4) is 0 Å². The van der Waals surface area contributed by atoms with E-state index in [-0.39, 0.29) is 12.4 Å². The Morgan fingerprint density at radius 3 is 2.28 bits per heavy atom. The second-order valence-corrected chi connectivity index (χ2v) is 3.68. The molecule has 0 bridgehead atoms. The van der Waals surface area contributed by atoms with E-state index in [1.54, 1.807) is 0 Å². The smallest absolute Gasteiger partial charge is 0.380 e. The molecule has 98 valence electrons. The Morgan fingerprint density at radius 2 is 1.83 bits per heavy atom. The Kier molecular flexibility index (Phi) is 3.05. The molecule has 5 nitrogen and oxygen atoms in total. The van der Waals surface area contributed by atoms with Crippen LogP contribution in [0.5, 0.6) is 0 Å². The number of nitrogens with two attached hydrogens (primary N) is 1. The number of rotatable bonds is 2. The van der Waals surface area contributed by atoms with Crippen LogP contribution in [0.3, 0.4) is 0 Å². The molecule has 1 aliphatic rings. The predicted octanol–water partition coefficient (Wildman–Crippen LogP) is 1.82. The van der Waals surface area contributed by atoms with Gasteiger partial charge in [0.1, 0.15) is 0 Å². The fraction of sp³-hybridized carbons (Fsp3) is 0.200. The highest BCUT2D eigenvalue weighted by Crippen LogP contribution is 2.29. The zero-order valence-electron chi connectivity index (χ0n) is 9.05. The summed E-state index contributed by atoms with van der Waals surface area (Å²) in [5.41, 5.74) is 5.20. The van der Waals surface area contributed by atoms with Gasteiger partial charge in [-0.1, -0.05) is 17.4 Å². The van der Waals surface area contributed by atoms with Gasteiger partial charge >= 0.3 is 6.18 Å². The first-order chi connectivity index (χ1) is 8.36. The summed E-state index contributed by atoms with van der Waals surface area (Å²) in [7, 11) is 0. The van der Waals surface area contributed by atoms with Crippen molar-refractivity contribution in [2.24, 2.45) is 5.73 Å². The van der Waals surface area contributed by atoms with Gasteiger partial charge < -0.3 is 5.73 Å². The summed E-state index contributed by atoms with van der Waals surface area (Å²) in [5.74, 6) is -0.0121. The normalized spacial score (nSPS) is 16.1. The molecule has 0 saturated carbocycles. The molecule has 0 atom stereocenters. The third-order valence-electron chi connectivity index (χ3n) is 2.30. The topological polar surface area (TPSA) is 62.0 Å². The van der Waals surface area contributed by atoms with Crippen molar-refractivity contribution in [3.05, 3.63) is 47.4 Å². The quantitative estimate of drug-likeness (QED) is 0.850. The summed E-state index contributed by atoms with van der Waals surface area (Å²) in [4.78, 5) is 4.76. The first-order valence-electron chi connectivity index (χ1n) is 4.93. The first-order valence-corrected chi connectivity index (χ1v) is 4.93. The molecule has 1 aromatic carbocycles. The Morgan fingerprint density at radius 1 is 1.22 bits per heavy atom. The molecule has 0 amide bonds. The number of hydrogen-bond acceptors (Lipinski definition) is 5. The van der Waals surface area contributed by atoms with Gasteiger partial charge in [-0.25, -0.2) is 5.06 Å². The van der Waals surface area contributed by atoms with Crippen molar-refractivity contribution in [2.75, 3.05) is 0 Å². The molecule has 0 spiro atoms. The van der Waals surface area contributed by atoms with Crippen LogP contribution in [0.15, 0.2) is 36.3 Å². The molecule has 0 radical (unpaired) electrons. The van der Waals surface area contributed by atoms with Gasteiger partial charge in [0.25, 0.3) is 0 Å². The van der Waals surface area contributed by atoms with E-state index < -0.39 is 11.7 Å². The molecule has 0 unspecified atom stereocenters. The largest absolute Gasteiger partial charge is 0.416 e. The van der Waals surface area contributed by atoms with Crippen LogP contribution in [0.1, 0.15) is 11.1 Å². The molecule has 1 aliphatic heterocycles. The molecule has 8 heteroatoms. The summed E-state index contributed by atoms with van der Waals surface area (Å²) in [5, 5.41) is 10.6. The lowest BCUT2D eigenvalue weighted by atomic mass is 10.1. The minimum atomic E-state index is -4.35. The maximum atomic E-state index is 12.3. The van der Waals surface area contributed by atoms with Gasteiger partial charge in [0.05, 0.1) is 18.3 Å². The van der Waals surface area contributed by atoms with Crippen LogP contribution in [0, 0.1) is 0 Å². The fourth-order valence-electron chi connectivity index (χ4n) is 1.42. The van der Waals surface area contributed by atoms with E-state index >= 15 is 0 Å². The average molecular weight is 261 g/mol. The minimum absolute atomic E-state index is 0.0121. The molecular weight excluding hydrogens is 251 g/mol. The molecule has 2 rings (SSSR count).